The summed E-state index contributed by atoms with van der Waals surface area (Å²) in [4.78, 5) is 8.78. The Bertz CT molecular complexity index is 445. The van der Waals surface area contributed by atoms with Crippen LogP contribution < -0.4 is 5.32 Å². The van der Waals surface area contributed by atoms with E-state index in [-0.39, 0.29) is 0 Å². The molecule has 1 aromatic heterocycles. The van der Waals surface area contributed by atoms with Gasteiger partial charge in [0.15, 0.2) is 0 Å². The van der Waals surface area contributed by atoms with Crippen molar-refractivity contribution in [2.24, 2.45) is 0 Å². The van der Waals surface area contributed by atoms with Gasteiger partial charge in [-0.25, -0.2) is 4.98 Å². The van der Waals surface area contributed by atoms with Crippen molar-refractivity contribution in [3.63, 3.8) is 0 Å². The molecule has 3 heterocycles. The van der Waals surface area contributed by atoms with Crippen LogP contribution in [0.2, 0.25) is 0 Å². The van der Waals surface area contributed by atoms with Crippen LogP contribution in [0.15, 0.2) is 6.20 Å². The lowest BCUT2D eigenvalue weighted by molar-refractivity contribution is -0.00627. The van der Waals surface area contributed by atoms with Crippen molar-refractivity contribution in [1.29, 1.82) is 0 Å². The number of nitrogens with zero attached hydrogens (tertiary/aromatic N) is 2. The predicted molar refractivity (Wildman–Crippen MR) is 89.8 cm³/mol. The van der Waals surface area contributed by atoms with Crippen molar-refractivity contribution in [2.45, 2.75) is 83.5 Å². The SMILES string of the molecule is CCCNC1CC2CCCC(C1)N2C(C)c1ncc(C)s1. The fraction of sp³-hybridized carbons (Fsp3) is 0.824. The van der Waals surface area contributed by atoms with E-state index in [1.165, 1.54) is 55.0 Å². The van der Waals surface area contributed by atoms with Crippen molar-refractivity contribution >= 4 is 11.3 Å². The Balaban J connectivity index is 1.71. The first-order valence-corrected chi connectivity index (χ1v) is 9.43. The molecule has 0 amide bonds. The number of nitrogens with one attached hydrogen (secondary N) is 1. The lowest BCUT2D eigenvalue weighted by Gasteiger charge is -2.51. The molecule has 0 spiro atoms. The maximum atomic E-state index is 4.65. The minimum absolute atomic E-state index is 0.492. The average molecular weight is 308 g/mol. The monoisotopic (exact) mass is 307 g/mol. The summed E-state index contributed by atoms with van der Waals surface area (Å²) in [6, 6.07) is 2.74. The van der Waals surface area contributed by atoms with Gasteiger partial charge in [0.25, 0.3) is 0 Å². The zero-order valence-corrected chi connectivity index (χ0v) is 14.5. The van der Waals surface area contributed by atoms with Gasteiger partial charge in [-0.3, -0.25) is 4.90 Å². The zero-order chi connectivity index (χ0) is 14.8. The smallest absolute Gasteiger partial charge is 0.110 e. The summed E-state index contributed by atoms with van der Waals surface area (Å²) in [6.45, 7) is 7.96. The summed E-state index contributed by atoms with van der Waals surface area (Å²) in [7, 11) is 0. The fourth-order valence-electron chi connectivity index (χ4n) is 4.26. The number of aromatic nitrogens is 1. The van der Waals surface area contributed by atoms with Crippen LogP contribution in [0.1, 0.15) is 68.3 Å². The van der Waals surface area contributed by atoms with E-state index in [9.17, 15) is 0 Å². The Morgan fingerprint density at radius 2 is 2.10 bits per heavy atom. The molecule has 2 aliphatic heterocycles. The van der Waals surface area contributed by atoms with Crippen LogP contribution in [-0.2, 0) is 0 Å². The second-order valence-electron chi connectivity index (χ2n) is 6.79. The number of piperidine rings is 2. The van der Waals surface area contributed by atoms with Gasteiger partial charge in [0, 0.05) is 29.2 Å². The van der Waals surface area contributed by atoms with Crippen molar-refractivity contribution < 1.29 is 0 Å². The highest BCUT2D eigenvalue weighted by atomic mass is 32.1. The topological polar surface area (TPSA) is 28.2 Å². The van der Waals surface area contributed by atoms with Crippen LogP contribution in [0.5, 0.6) is 0 Å². The molecule has 3 nitrogen and oxygen atoms in total. The second kappa shape index (κ2) is 6.76. The van der Waals surface area contributed by atoms with E-state index in [1.807, 2.05) is 17.5 Å². The first kappa shape index (κ1) is 15.4. The Kier molecular flexibility index (Phi) is 4.97. The maximum Gasteiger partial charge on any atom is 0.110 e. The van der Waals surface area contributed by atoms with E-state index in [1.54, 1.807) is 0 Å². The van der Waals surface area contributed by atoms with Gasteiger partial charge in [0.2, 0.25) is 0 Å². The molecule has 0 radical (unpaired) electrons. The van der Waals surface area contributed by atoms with Crippen LogP contribution in [0.4, 0.5) is 0 Å². The number of hydrogen-bond donors (Lipinski definition) is 1. The van der Waals surface area contributed by atoms with Gasteiger partial charge in [-0.05, 0) is 52.5 Å². The predicted octanol–water partition coefficient (Wildman–Crippen LogP) is 3.90. The molecule has 2 aliphatic rings. The Morgan fingerprint density at radius 1 is 1.38 bits per heavy atom. The highest BCUT2D eigenvalue weighted by Crippen LogP contribution is 2.40. The largest absolute Gasteiger partial charge is 0.314 e. The molecular weight excluding hydrogens is 278 g/mol. The number of thiazole rings is 1. The molecule has 0 saturated carbocycles. The summed E-state index contributed by atoms with van der Waals surface area (Å²) in [6.07, 6.45) is 10.1. The van der Waals surface area contributed by atoms with Crippen LogP contribution in [0.3, 0.4) is 0 Å². The van der Waals surface area contributed by atoms with Crippen molar-refractivity contribution in [1.82, 2.24) is 15.2 Å². The van der Waals surface area contributed by atoms with Crippen molar-refractivity contribution in [3.8, 4) is 0 Å². The summed E-state index contributed by atoms with van der Waals surface area (Å²) < 4.78 is 0. The third kappa shape index (κ3) is 3.33. The Morgan fingerprint density at radius 3 is 2.67 bits per heavy atom. The normalized spacial score (nSPS) is 31.3. The van der Waals surface area contributed by atoms with E-state index in [0.29, 0.717) is 6.04 Å². The third-order valence-corrected chi connectivity index (χ3v) is 6.24. The summed E-state index contributed by atoms with van der Waals surface area (Å²) >= 11 is 1.87. The molecule has 3 atom stereocenters. The first-order chi connectivity index (χ1) is 10.2. The van der Waals surface area contributed by atoms with Crippen molar-refractivity contribution in [3.05, 3.63) is 16.1 Å². The number of fused-ring (bicyclic) bond motifs is 2. The number of aryl methyl sites for hydroxylation is 1. The van der Waals surface area contributed by atoms with Crippen LogP contribution in [0.25, 0.3) is 0 Å². The fourth-order valence-corrected chi connectivity index (χ4v) is 5.09. The van der Waals surface area contributed by atoms with Gasteiger partial charge in [0.05, 0.1) is 6.04 Å². The standard InChI is InChI=1S/C17H29N3S/c1-4-8-18-14-9-15-6-5-7-16(10-14)20(15)13(3)17-19-11-12(2)21-17/h11,13-16,18H,4-10H2,1-3H3. The minimum atomic E-state index is 0.492. The number of hydrogen-bond acceptors (Lipinski definition) is 4. The average Bonchev–Trinajstić information content (AvgIpc) is 2.90. The molecule has 3 rings (SSSR count). The van der Waals surface area contributed by atoms with Gasteiger partial charge in [-0.1, -0.05) is 13.3 Å². The summed E-state index contributed by atoms with van der Waals surface area (Å²) in [5, 5.41) is 5.07. The third-order valence-electron chi connectivity index (χ3n) is 5.16. The molecular formula is C17H29N3S. The van der Waals surface area contributed by atoms with Gasteiger partial charge in [-0.2, -0.15) is 0 Å². The highest BCUT2D eigenvalue weighted by Gasteiger charge is 2.41. The van der Waals surface area contributed by atoms with Crippen LogP contribution in [0, 0.1) is 6.92 Å². The Labute approximate surface area is 133 Å². The van der Waals surface area contributed by atoms with Crippen LogP contribution >= 0.6 is 11.3 Å². The van der Waals surface area contributed by atoms with Gasteiger partial charge in [0.1, 0.15) is 5.01 Å². The molecule has 4 heteroatoms. The molecule has 118 valence electrons. The Hall–Kier alpha value is -0.450. The van der Waals surface area contributed by atoms with E-state index < -0.39 is 0 Å². The molecule has 0 aromatic carbocycles. The van der Waals surface area contributed by atoms with Crippen LogP contribution in [-0.4, -0.2) is 34.6 Å². The molecule has 21 heavy (non-hydrogen) atoms. The van der Waals surface area contributed by atoms with Gasteiger partial charge >= 0.3 is 0 Å². The van der Waals surface area contributed by atoms with E-state index in [4.69, 9.17) is 0 Å². The van der Waals surface area contributed by atoms with E-state index >= 15 is 0 Å². The maximum absolute atomic E-state index is 4.65. The highest BCUT2D eigenvalue weighted by molar-refractivity contribution is 7.11. The zero-order valence-electron chi connectivity index (χ0n) is 13.6. The first-order valence-electron chi connectivity index (χ1n) is 8.62. The lowest BCUT2D eigenvalue weighted by Crippen LogP contribution is -2.56. The van der Waals surface area contributed by atoms with Gasteiger partial charge in [-0.15, -0.1) is 11.3 Å². The molecule has 2 fully saturated rings. The summed E-state index contributed by atoms with van der Waals surface area (Å²) in [5.41, 5.74) is 0. The molecule has 2 saturated heterocycles. The quantitative estimate of drug-likeness (QED) is 0.894. The summed E-state index contributed by atoms with van der Waals surface area (Å²) in [5.74, 6) is 0. The molecule has 2 bridgehead atoms. The molecule has 0 aliphatic carbocycles. The van der Waals surface area contributed by atoms with E-state index in [0.717, 1.165) is 18.1 Å². The molecule has 1 N–H and O–H groups in total. The van der Waals surface area contributed by atoms with Crippen molar-refractivity contribution in [2.75, 3.05) is 6.54 Å². The van der Waals surface area contributed by atoms with Gasteiger partial charge < -0.3 is 5.32 Å². The molecule has 1 aromatic rings. The lowest BCUT2D eigenvalue weighted by atomic mass is 9.80. The number of rotatable bonds is 5. The van der Waals surface area contributed by atoms with E-state index in [2.05, 4.69) is 36.0 Å². The minimum Gasteiger partial charge on any atom is -0.314 e. The second-order valence-corrected chi connectivity index (χ2v) is 8.06. The molecule has 3 unspecified atom stereocenters.